The van der Waals surface area contributed by atoms with Crippen LogP contribution in [0.2, 0.25) is 0 Å². The van der Waals surface area contributed by atoms with E-state index in [1.54, 1.807) is 13.0 Å². The van der Waals surface area contributed by atoms with Gasteiger partial charge >= 0.3 is 0 Å². The second kappa shape index (κ2) is 5.71. The predicted octanol–water partition coefficient (Wildman–Crippen LogP) is 1.45. The number of hydrogen-bond acceptors (Lipinski definition) is 4. The second-order valence-corrected chi connectivity index (χ2v) is 4.69. The Bertz CT molecular complexity index is 433. The van der Waals surface area contributed by atoms with Gasteiger partial charge in [0, 0.05) is 19.0 Å². The van der Waals surface area contributed by atoms with Crippen LogP contribution in [-0.2, 0) is 4.79 Å². The number of aromatic nitrogens is 2. The number of carbonyl (C=O) groups excluding carboxylic acids is 2. The maximum atomic E-state index is 12.3. The van der Waals surface area contributed by atoms with Gasteiger partial charge in [-0.3, -0.25) is 9.59 Å². The highest BCUT2D eigenvalue weighted by atomic mass is 16.2. The van der Waals surface area contributed by atoms with Gasteiger partial charge in [-0.25, -0.2) is 0 Å². The molecule has 18 heavy (non-hydrogen) atoms. The van der Waals surface area contributed by atoms with E-state index in [9.17, 15) is 9.59 Å². The molecule has 1 atom stereocenters. The van der Waals surface area contributed by atoms with Gasteiger partial charge in [0.05, 0.1) is 18.0 Å². The molecule has 1 aromatic rings. The molecule has 1 aliphatic rings. The van der Waals surface area contributed by atoms with Crippen molar-refractivity contribution in [3.8, 4) is 0 Å². The van der Waals surface area contributed by atoms with Crippen LogP contribution in [0.25, 0.3) is 0 Å². The minimum absolute atomic E-state index is 0.0388. The molecule has 0 bridgehead atoms. The van der Waals surface area contributed by atoms with Crippen molar-refractivity contribution >= 4 is 11.7 Å². The van der Waals surface area contributed by atoms with Crippen molar-refractivity contribution in [2.24, 2.45) is 0 Å². The summed E-state index contributed by atoms with van der Waals surface area (Å²) >= 11 is 0. The van der Waals surface area contributed by atoms with Gasteiger partial charge in [0.1, 0.15) is 5.78 Å². The van der Waals surface area contributed by atoms with Gasteiger partial charge in [-0.05, 0) is 32.3 Å². The molecule has 0 spiro atoms. The highest BCUT2D eigenvalue weighted by Crippen LogP contribution is 2.21. The number of hydrogen-bond donors (Lipinski definition) is 0. The van der Waals surface area contributed by atoms with Crippen molar-refractivity contribution in [3.05, 3.63) is 24.0 Å². The lowest BCUT2D eigenvalue weighted by molar-refractivity contribution is -0.118. The average molecular weight is 247 g/mol. The molecular formula is C13H17N3O2. The summed E-state index contributed by atoms with van der Waals surface area (Å²) in [7, 11) is 0. The summed E-state index contributed by atoms with van der Waals surface area (Å²) in [4.78, 5) is 25.4. The lowest BCUT2D eigenvalue weighted by Gasteiger charge is -2.35. The van der Waals surface area contributed by atoms with Crippen molar-refractivity contribution < 1.29 is 9.59 Å². The normalized spacial score (nSPS) is 19.6. The Morgan fingerprint density at radius 2 is 2.22 bits per heavy atom. The molecule has 2 heterocycles. The number of nitrogens with zero attached hydrogens (tertiary/aromatic N) is 3. The molecule has 0 saturated carbocycles. The summed E-state index contributed by atoms with van der Waals surface area (Å²) in [5, 5.41) is 7.39. The average Bonchev–Trinajstić information content (AvgIpc) is 2.39. The molecule has 1 aliphatic heterocycles. The number of amides is 1. The molecule has 1 saturated heterocycles. The monoisotopic (exact) mass is 247 g/mol. The van der Waals surface area contributed by atoms with Gasteiger partial charge < -0.3 is 4.90 Å². The van der Waals surface area contributed by atoms with Gasteiger partial charge in [-0.2, -0.15) is 10.2 Å². The molecule has 1 aromatic heterocycles. The van der Waals surface area contributed by atoms with Crippen molar-refractivity contribution in [3.63, 3.8) is 0 Å². The highest BCUT2D eigenvalue weighted by molar-refractivity contribution is 5.94. The fourth-order valence-corrected chi connectivity index (χ4v) is 2.39. The largest absolute Gasteiger partial charge is 0.335 e. The predicted molar refractivity (Wildman–Crippen MR) is 66.0 cm³/mol. The van der Waals surface area contributed by atoms with Crippen LogP contribution < -0.4 is 0 Å². The molecule has 0 radical (unpaired) electrons. The zero-order chi connectivity index (χ0) is 13.0. The summed E-state index contributed by atoms with van der Waals surface area (Å²) in [5.41, 5.74) is 0.542. The van der Waals surface area contributed by atoms with E-state index >= 15 is 0 Å². The van der Waals surface area contributed by atoms with Crippen molar-refractivity contribution in [2.75, 3.05) is 6.54 Å². The Morgan fingerprint density at radius 3 is 2.89 bits per heavy atom. The third-order valence-electron chi connectivity index (χ3n) is 3.24. The maximum absolute atomic E-state index is 12.3. The fraction of sp³-hybridized carbons (Fsp3) is 0.538. The first-order chi connectivity index (χ1) is 8.68. The Labute approximate surface area is 106 Å². The topological polar surface area (TPSA) is 63.2 Å². The number of likely N-dealkylation sites (tertiary alicyclic amines) is 1. The highest BCUT2D eigenvalue weighted by Gasteiger charge is 2.28. The zero-order valence-electron chi connectivity index (χ0n) is 10.5. The Morgan fingerprint density at radius 1 is 1.39 bits per heavy atom. The first-order valence-electron chi connectivity index (χ1n) is 6.25. The molecule has 5 heteroatoms. The molecular weight excluding hydrogens is 230 g/mol. The van der Waals surface area contributed by atoms with Gasteiger partial charge in [0.2, 0.25) is 0 Å². The lowest BCUT2D eigenvalue weighted by atomic mass is 9.97. The summed E-state index contributed by atoms with van der Waals surface area (Å²) in [5.74, 6) is 0.0865. The van der Waals surface area contributed by atoms with Crippen LogP contribution >= 0.6 is 0 Å². The van der Waals surface area contributed by atoms with Crippen molar-refractivity contribution in [1.82, 2.24) is 15.1 Å². The number of Topliss-reactive ketones (excluding diaryl/α,β-unsaturated/α-hetero) is 1. The molecule has 2 rings (SSSR count). The number of piperidine rings is 1. The quantitative estimate of drug-likeness (QED) is 0.811. The summed E-state index contributed by atoms with van der Waals surface area (Å²) in [6.07, 6.45) is 6.42. The minimum atomic E-state index is -0.0455. The van der Waals surface area contributed by atoms with Crippen LogP contribution in [0.15, 0.2) is 18.5 Å². The second-order valence-electron chi connectivity index (χ2n) is 4.69. The van der Waals surface area contributed by atoms with E-state index in [1.165, 1.54) is 12.4 Å². The van der Waals surface area contributed by atoms with E-state index in [-0.39, 0.29) is 17.7 Å². The van der Waals surface area contributed by atoms with Crippen LogP contribution in [0, 0.1) is 0 Å². The number of rotatable bonds is 3. The first kappa shape index (κ1) is 12.7. The van der Waals surface area contributed by atoms with Crippen LogP contribution in [0.1, 0.15) is 43.0 Å². The van der Waals surface area contributed by atoms with Gasteiger partial charge in [0.25, 0.3) is 5.91 Å². The van der Waals surface area contributed by atoms with Crippen molar-refractivity contribution in [1.29, 1.82) is 0 Å². The maximum Gasteiger partial charge on any atom is 0.255 e. The Kier molecular flexibility index (Phi) is 4.02. The molecule has 1 unspecified atom stereocenters. The van der Waals surface area contributed by atoms with Gasteiger partial charge in [-0.1, -0.05) is 0 Å². The van der Waals surface area contributed by atoms with Crippen LogP contribution in [0.5, 0.6) is 0 Å². The Hall–Kier alpha value is -1.78. The van der Waals surface area contributed by atoms with Crippen LogP contribution in [0.4, 0.5) is 0 Å². The standard InChI is InChI=1S/C13H17N3O2/c1-10(17)8-12-4-2-3-7-16(12)13(18)11-5-6-14-15-9-11/h5-6,9,12H,2-4,7-8H2,1H3. The molecule has 1 amide bonds. The number of carbonyl (C=O) groups is 2. The van der Waals surface area contributed by atoms with E-state index in [4.69, 9.17) is 0 Å². The van der Waals surface area contributed by atoms with Gasteiger partial charge in [-0.15, -0.1) is 0 Å². The summed E-state index contributed by atoms with van der Waals surface area (Å²) in [6, 6.07) is 1.70. The molecule has 96 valence electrons. The van der Waals surface area contributed by atoms with Gasteiger partial charge in [0.15, 0.2) is 0 Å². The lowest BCUT2D eigenvalue weighted by Crippen LogP contribution is -2.44. The Balaban J connectivity index is 2.13. The third-order valence-corrected chi connectivity index (χ3v) is 3.24. The molecule has 0 aliphatic carbocycles. The van der Waals surface area contributed by atoms with E-state index in [2.05, 4.69) is 10.2 Å². The number of ketones is 1. The van der Waals surface area contributed by atoms with Crippen molar-refractivity contribution in [2.45, 2.75) is 38.6 Å². The summed E-state index contributed by atoms with van der Waals surface area (Å²) < 4.78 is 0. The van der Waals surface area contributed by atoms with E-state index in [0.717, 1.165) is 25.8 Å². The van der Waals surface area contributed by atoms with Crippen LogP contribution in [-0.4, -0.2) is 39.4 Å². The molecule has 0 N–H and O–H groups in total. The molecule has 0 aromatic carbocycles. The SMILES string of the molecule is CC(=O)CC1CCCCN1C(=O)c1ccnnc1. The molecule has 1 fully saturated rings. The smallest absolute Gasteiger partial charge is 0.255 e. The first-order valence-corrected chi connectivity index (χ1v) is 6.25. The van der Waals surface area contributed by atoms with E-state index < -0.39 is 0 Å². The van der Waals surface area contributed by atoms with E-state index in [1.807, 2.05) is 4.90 Å². The third kappa shape index (κ3) is 2.91. The fourth-order valence-electron chi connectivity index (χ4n) is 2.39. The zero-order valence-corrected chi connectivity index (χ0v) is 10.5. The van der Waals surface area contributed by atoms with Crippen LogP contribution in [0.3, 0.4) is 0 Å². The molecule has 5 nitrogen and oxygen atoms in total. The summed E-state index contributed by atoms with van der Waals surface area (Å²) in [6.45, 7) is 2.30. The minimum Gasteiger partial charge on any atom is -0.335 e. The van der Waals surface area contributed by atoms with E-state index in [0.29, 0.717) is 12.0 Å².